The number of halogens is 2. The standard InChI is InChI=1S/C16H16BrFO3/c1-20-15-4-3-11(8-16(15)21-2)14(19)7-10-5-12(17)9-13(18)6-10/h3-6,8-9,14,19H,7H2,1-2H3. The van der Waals surface area contributed by atoms with Gasteiger partial charge in [-0.2, -0.15) is 0 Å². The van der Waals surface area contributed by atoms with Gasteiger partial charge in [-0.05, 0) is 41.5 Å². The predicted molar refractivity (Wildman–Crippen MR) is 82.3 cm³/mol. The van der Waals surface area contributed by atoms with Gasteiger partial charge >= 0.3 is 0 Å². The zero-order valence-electron chi connectivity index (χ0n) is 11.8. The van der Waals surface area contributed by atoms with Crippen LogP contribution in [-0.2, 0) is 6.42 Å². The van der Waals surface area contributed by atoms with E-state index in [0.717, 1.165) is 0 Å². The number of hydrogen-bond donors (Lipinski definition) is 1. The van der Waals surface area contributed by atoms with Gasteiger partial charge in [0.15, 0.2) is 11.5 Å². The zero-order valence-corrected chi connectivity index (χ0v) is 13.4. The summed E-state index contributed by atoms with van der Waals surface area (Å²) in [5, 5.41) is 10.3. The van der Waals surface area contributed by atoms with Gasteiger partial charge in [0.25, 0.3) is 0 Å². The molecule has 0 saturated heterocycles. The summed E-state index contributed by atoms with van der Waals surface area (Å²) in [6.45, 7) is 0. The fourth-order valence-corrected chi connectivity index (χ4v) is 2.64. The summed E-state index contributed by atoms with van der Waals surface area (Å²) < 4.78 is 24.4. The first-order valence-electron chi connectivity index (χ1n) is 6.38. The Morgan fingerprint density at radius 2 is 1.81 bits per heavy atom. The maximum atomic E-state index is 13.4. The van der Waals surface area contributed by atoms with E-state index < -0.39 is 6.10 Å². The van der Waals surface area contributed by atoms with Crippen LogP contribution < -0.4 is 9.47 Å². The zero-order chi connectivity index (χ0) is 15.4. The topological polar surface area (TPSA) is 38.7 Å². The van der Waals surface area contributed by atoms with Crippen LogP contribution in [0.1, 0.15) is 17.2 Å². The number of rotatable bonds is 5. The molecule has 0 bridgehead atoms. The molecule has 3 nitrogen and oxygen atoms in total. The maximum Gasteiger partial charge on any atom is 0.161 e. The van der Waals surface area contributed by atoms with Crippen molar-refractivity contribution in [3.8, 4) is 11.5 Å². The van der Waals surface area contributed by atoms with E-state index in [1.54, 1.807) is 31.4 Å². The Balaban J connectivity index is 2.21. The van der Waals surface area contributed by atoms with Crippen LogP contribution in [0.2, 0.25) is 0 Å². The van der Waals surface area contributed by atoms with Crippen LogP contribution in [0, 0.1) is 5.82 Å². The lowest BCUT2D eigenvalue weighted by Crippen LogP contribution is -2.03. The van der Waals surface area contributed by atoms with Gasteiger partial charge in [-0.15, -0.1) is 0 Å². The highest BCUT2D eigenvalue weighted by molar-refractivity contribution is 9.10. The Bertz CT molecular complexity index is 611. The maximum absolute atomic E-state index is 13.4. The van der Waals surface area contributed by atoms with E-state index in [2.05, 4.69) is 15.9 Å². The lowest BCUT2D eigenvalue weighted by molar-refractivity contribution is 0.177. The molecule has 0 saturated carbocycles. The van der Waals surface area contributed by atoms with Crippen LogP contribution in [0.25, 0.3) is 0 Å². The lowest BCUT2D eigenvalue weighted by Gasteiger charge is -2.14. The second-order valence-electron chi connectivity index (χ2n) is 4.61. The number of benzene rings is 2. The van der Waals surface area contributed by atoms with Gasteiger partial charge in [0.2, 0.25) is 0 Å². The third kappa shape index (κ3) is 3.95. The first kappa shape index (κ1) is 15.8. The van der Waals surface area contributed by atoms with E-state index in [4.69, 9.17) is 9.47 Å². The molecule has 1 N–H and O–H groups in total. The summed E-state index contributed by atoms with van der Waals surface area (Å²) in [5.74, 6) is 0.815. The first-order valence-corrected chi connectivity index (χ1v) is 7.17. The Morgan fingerprint density at radius 3 is 2.43 bits per heavy atom. The van der Waals surface area contributed by atoms with Gasteiger partial charge in [-0.25, -0.2) is 4.39 Å². The van der Waals surface area contributed by atoms with E-state index in [-0.39, 0.29) is 5.82 Å². The molecule has 0 aromatic heterocycles. The van der Waals surface area contributed by atoms with Crippen molar-refractivity contribution >= 4 is 15.9 Å². The van der Waals surface area contributed by atoms with E-state index in [1.807, 2.05) is 0 Å². The largest absolute Gasteiger partial charge is 0.493 e. The molecular formula is C16H16BrFO3. The molecule has 5 heteroatoms. The number of ether oxygens (including phenoxy) is 2. The molecule has 0 heterocycles. The number of aliphatic hydroxyl groups excluding tert-OH is 1. The van der Waals surface area contributed by atoms with Crippen LogP contribution in [-0.4, -0.2) is 19.3 Å². The average molecular weight is 355 g/mol. The van der Waals surface area contributed by atoms with Crippen LogP contribution in [0.15, 0.2) is 40.9 Å². The Kier molecular flexibility index (Phi) is 5.20. The molecule has 0 amide bonds. The molecule has 0 aliphatic carbocycles. The third-order valence-corrected chi connectivity index (χ3v) is 3.60. The average Bonchev–Trinajstić information content (AvgIpc) is 2.45. The summed E-state index contributed by atoms with van der Waals surface area (Å²) in [6, 6.07) is 9.80. The van der Waals surface area contributed by atoms with Crippen molar-refractivity contribution in [3.63, 3.8) is 0 Å². The minimum atomic E-state index is -0.751. The summed E-state index contributed by atoms with van der Waals surface area (Å²) in [5.41, 5.74) is 1.40. The normalized spacial score (nSPS) is 12.0. The van der Waals surface area contributed by atoms with E-state index in [9.17, 15) is 9.50 Å². The molecular weight excluding hydrogens is 339 g/mol. The van der Waals surface area contributed by atoms with Crippen LogP contribution >= 0.6 is 15.9 Å². The Hall–Kier alpha value is -1.59. The molecule has 0 spiro atoms. The molecule has 21 heavy (non-hydrogen) atoms. The molecule has 0 aliphatic heterocycles. The van der Waals surface area contributed by atoms with Crippen molar-refractivity contribution in [1.82, 2.24) is 0 Å². The van der Waals surface area contributed by atoms with Gasteiger partial charge in [-0.1, -0.05) is 22.0 Å². The molecule has 1 atom stereocenters. The van der Waals surface area contributed by atoms with Crippen LogP contribution in [0.5, 0.6) is 11.5 Å². The minimum absolute atomic E-state index is 0.311. The second-order valence-corrected chi connectivity index (χ2v) is 5.53. The number of hydrogen-bond acceptors (Lipinski definition) is 3. The summed E-state index contributed by atoms with van der Waals surface area (Å²) >= 11 is 3.24. The van der Waals surface area contributed by atoms with E-state index in [0.29, 0.717) is 33.5 Å². The van der Waals surface area contributed by atoms with Crippen molar-refractivity contribution in [3.05, 3.63) is 57.8 Å². The van der Waals surface area contributed by atoms with Gasteiger partial charge in [0, 0.05) is 10.9 Å². The number of methoxy groups -OCH3 is 2. The van der Waals surface area contributed by atoms with Crippen molar-refractivity contribution in [1.29, 1.82) is 0 Å². The fraction of sp³-hybridized carbons (Fsp3) is 0.250. The Labute approximate surface area is 131 Å². The number of aliphatic hydroxyl groups is 1. The third-order valence-electron chi connectivity index (χ3n) is 3.14. The van der Waals surface area contributed by atoms with Gasteiger partial charge < -0.3 is 14.6 Å². The Morgan fingerprint density at radius 1 is 1.10 bits per heavy atom. The molecule has 2 aromatic rings. The van der Waals surface area contributed by atoms with Crippen LogP contribution in [0.3, 0.4) is 0 Å². The minimum Gasteiger partial charge on any atom is -0.493 e. The van der Waals surface area contributed by atoms with E-state index in [1.165, 1.54) is 19.2 Å². The lowest BCUT2D eigenvalue weighted by atomic mass is 10.0. The quantitative estimate of drug-likeness (QED) is 0.885. The molecule has 0 radical (unpaired) electrons. The van der Waals surface area contributed by atoms with Gasteiger partial charge in [-0.3, -0.25) is 0 Å². The van der Waals surface area contributed by atoms with Gasteiger partial charge in [0.05, 0.1) is 20.3 Å². The molecule has 2 rings (SSSR count). The summed E-state index contributed by atoms with van der Waals surface area (Å²) in [6.07, 6.45) is -0.440. The van der Waals surface area contributed by atoms with Gasteiger partial charge in [0.1, 0.15) is 5.82 Å². The van der Waals surface area contributed by atoms with Crippen molar-refractivity contribution in [2.75, 3.05) is 14.2 Å². The van der Waals surface area contributed by atoms with Crippen LogP contribution in [0.4, 0.5) is 4.39 Å². The highest BCUT2D eigenvalue weighted by Gasteiger charge is 2.13. The first-order chi connectivity index (χ1) is 10.0. The summed E-state index contributed by atoms with van der Waals surface area (Å²) in [7, 11) is 3.09. The van der Waals surface area contributed by atoms with E-state index >= 15 is 0 Å². The highest BCUT2D eigenvalue weighted by atomic mass is 79.9. The van der Waals surface area contributed by atoms with Crippen molar-refractivity contribution in [2.45, 2.75) is 12.5 Å². The molecule has 2 aromatic carbocycles. The monoisotopic (exact) mass is 354 g/mol. The molecule has 112 valence electrons. The second kappa shape index (κ2) is 6.91. The molecule has 0 fully saturated rings. The SMILES string of the molecule is COc1ccc(C(O)Cc2cc(F)cc(Br)c2)cc1OC. The van der Waals surface area contributed by atoms with Crippen molar-refractivity contribution < 1.29 is 19.0 Å². The highest BCUT2D eigenvalue weighted by Crippen LogP contribution is 2.31. The smallest absolute Gasteiger partial charge is 0.161 e. The molecule has 1 unspecified atom stereocenters. The predicted octanol–water partition coefficient (Wildman–Crippen LogP) is 3.88. The molecule has 0 aliphatic rings. The van der Waals surface area contributed by atoms with Crippen molar-refractivity contribution in [2.24, 2.45) is 0 Å². The fourth-order valence-electron chi connectivity index (χ4n) is 2.13. The summed E-state index contributed by atoms with van der Waals surface area (Å²) in [4.78, 5) is 0.